The third-order valence-corrected chi connectivity index (χ3v) is 7.62. The fourth-order valence-electron chi connectivity index (χ4n) is 3.73. The van der Waals surface area contributed by atoms with Gasteiger partial charge in [0.25, 0.3) is 5.91 Å². The van der Waals surface area contributed by atoms with Gasteiger partial charge in [-0.05, 0) is 42.3 Å². The maximum absolute atomic E-state index is 13.2. The SMILES string of the molecule is Cc1ccc(CSc2nnc(N3C(=O)C(O)=C(C(=O)c4ccco4)[C@H]3c3ccc(O)cc3)s2)cc1. The van der Waals surface area contributed by atoms with Crippen molar-refractivity contribution >= 4 is 39.9 Å². The van der Waals surface area contributed by atoms with Crippen molar-refractivity contribution in [3.05, 3.63) is 101 Å². The summed E-state index contributed by atoms with van der Waals surface area (Å²) in [6.45, 7) is 2.03. The summed E-state index contributed by atoms with van der Waals surface area (Å²) in [5.74, 6) is -1.34. The number of phenolic OH excluding ortho intramolecular Hbond substituents is 1. The van der Waals surface area contributed by atoms with E-state index in [0.29, 0.717) is 15.7 Å². The molecule has 10 heteroatoms. The maximum atomic E-state index is 13.2. The normalized spacial score (nSPS) is 15.7. The Hall–Kier alpha value is -3.89. The van der Waals surface area contributed by atoms with Crippen LogP contribution in [0, 0.1) is 6.92 Å². The molecule has 0 fully saturated rings. The van der Waals surface area contributed by atoms with Crippen molar-refractivity contribution in [2.24, 2.45) is 0 Å². The molecule has 5 rings (SSSR count). The number of amides is 1. The number of aromatic nitrogens is 2. The standard InChI is InChI=1S/C25H19N3O5S2/c1-14-4-6-15(7-5-14)13-34-25-27-26-24(35-25)28-20(16-8-10-17(29)11-9-16)19(22(31)23(28)32)21(30)18-3-2-12-33-18/h2-12,20,29,31H,13H2,1H3/t20-/m1/s1. The van der Waals surface area contributed by atoms with Crippen LogP contribution in [0.2, 0.25) is 0 Å². The third kappa shape index (κ3) is 4.45. The van der Waals surface area contributed by atoms with Crippen LogP contribution in [-0.2, 0) is 10.5 Å². The van der Waals surface area contributed by atoms with Crippen LogP contribution in [0.5, 0.6) is 5.75 Å². The molecule has 1 aliphatic heterocycles. The Morgan fingerprint density at radius 1 is 1.09 bits per heavy atom. The second kappa shape index (κ2) is 9.40. The number of phenols is 1. The third-order valence-electron chi connectivity index (χ3n) is 5.49. The van der Waals surface area contributed by atoms with Crippen LogP contribution in [0.15, 0.2) is 87.0 Å². The molecular weight excluding hydrogens is 486 g/mol. The number of nitrogens with zero attached hydrogens (tertiary/aromatic N) is 3. The number of anilines is 1. The Balaban J connectivity index is 1.48. The Morgan fingerprint density at radius 2 is 1.83 bits per heavy atom. The van der Waals surface area contributed by atoms with E-state index in [4.69, 9.17) is 4.42 Å². The van der Waals surface area contributed by atoms with Crippen LogP contribution in [0.3, 0.4) is 0 Å². The number of Topliss-reactive ketones (excluding diaryl/α,β-unsaturated/α-hetero) is 1. The number of aromatic hydroxyl groups is 1. The molecule has 0 aliphatic carbocycles. The molecule has 176 valence electrons. The number of thioether (sulfide) groups is 1. The molecule has 0 saturated heterocycles. The van der Waals surface area contributed by atoms with E-state index in [9.17, 15) is 19.8 Å². The summed E-state index contributed by atoms with van der Waals surface area (Å²) in [7, 11) is 0. The van der Waals surface area contributed by atoms with Crippen molar-refractivity contribution in [2.75, 3.05) is 4.90 Å². The van der Waals surface area contributed by atoms with Crippen LogP contribution in [0.4, 0.5) is 5.13 Å². The van der Waals surface area contributed by atoms with E-state index in [1.54, 1.807) is 18.2 Å². The molecule has 0 radical (unpaired) electrons. The van der Waals surface area contributed by atoms with Crippen LogP contribution in [0.1, 0.15) is 33.3 Å². The molecule has 1 aliphatic rings. The zero-order valence-corrected chi connectivity index (χ0v) is 20.0. The number of carbonyl (C=O) groups is 2. The van der Waals surface area contributed by atoms with Gasteiger partial charge in [0.05, 0.1) is 17.9 Å². The van der Waals surface area contributed by atoms with E-state index in [0.717, 1.165) is 5.56 Å². The van der Waals surface area contributed by atoms with Gasteiger partial charge in [0.1, 0.15) is 5.75 Å². The lowest BCUT2D eigenvalue weighted by Gasteiger charge is -2.23. The van der Waals surface area contributed by atoms with Crippen molar-refractivity contribution in [2.45, 2.75) is 23.1 Å². The number of hydrogen-bond donors (Lipinski definition) is 2. The average molecular weight is 506 g/mol. The quantitative estimate of drug-likeness (QED) is 0.199. The van der Waals surface area contributed by atoms with Gasteiger partial charge in [0, 0.05) is 5.75 Å². The van der Waals surface area contributed by atoms with E-state index < -0.39 is 23.5 Å². The van der Waals surface area contributed by atoms with Crippen LogP contribution < -0.4 is 4.90 Å². The summed E-state index contributed by atoms with van der Waals surface area (Å²) >= 11 is 2.68. The second-order valence-corrected chi connectivity index (χ2v) is 10.0. The summed E-state index contributed by atoms with van der Waals surface area (Å²) in [5, 5.41) is 29.1. The van der Waals surface area contributed by atoms with Crippen molar-refractivity contribution < 1.29 is 24.2 Å². The monoisotopic (exact) mass is 505 g/mol. The van der Waals surface area contributed by atoms with Crippen LogP contribution in [-0.4, -0.2) is 32.1 Å². The van der Waals surface area contributed by atoms with Crippen molar-refractivity contribution in [3.8, 4) is 5.75 Å². The molecule has 0 bridgehead atoms. The lowest BCUT2D eigenvalue weighted by Crippen LogP contribution is -2.31. The van der Waals surface area contributed by atoms with Crippen molar-refractivity contribution in [3.63, 3.8) is 0 Å². The largest absolute Gasteiger partial charge is 0.508 e. The van der Waals surface area contributed by atoms with Crippen LogP contribution in [0.25, 0.3) is 0 Å². The van der Waals surface area contributed by atoms with Gasteiger partial charge in [0.15, 0.2) is 15.9 Å². The molecule has 1 amide bonds. The van der Waals surface area contributed by atoms with E-state index >= 15 is 0 Å². The molecule has 35 heavy (non-hydrogen) atoms. The summed E-state index contributed by atoms with van der Waals surface area (Å²) in [6, 6.07) is 16.3. The van der Waals surface area contributed by atoms with E-state index in [-0.39, 0.29) is 22.2 Å². The maximum Gasteiger partial charge on any atom is 0.296 e. The van der Waals surface area contributed by atoms with Gasteiger partial charge < -0.3 is 14.6 Å². The summed E-state index contributed by atoms with van der Waals surface area (Å²) < 4.78 is 5.87. The van der Waals surface area contributed by atoms with Crippen molar-refractivity contribution in [1.29, 1.82) is 0 Å². The number of carbonyl (C=O) groups excluding carboxylic acids is 2. The molecule has 4 aromatic rings. The van der Waals surface area contributed by atoms with Gasteiger partial charge in [-0.15, -0.1) is 10.2 Å². The lowest BCUT2D eigenvalue weighted by atomic mass is 9.95. The summed E-state index contributed by atoms with van der Waals surface area (Å²) in [6.07, 6.45) is 1.34. The number of hydrogen-bond acceptors (Lipinski definition) is 9. The second-order valence-electron chi connectivity index (χ2n) is 7.86. The lowest BCUT2D eigenvalue weighted by molar-refractivity contribution is -0.117. The fraction of sp³-hybridized carbons (Fsp3) is 0.120. The van der Waals surface area contributed by atoms with Crippen molar-refractivity contribution in [1.82, 2.24) is 10.2 Å². The fourth-order valence-corrected chi connectivity index (χ4v) is 5.56. The Bertz CT molecular complexity index is 1410. The average Bonchev–Trinajstić information content (AvgIpc) is 3.60. The molecular formula is C25H19N3O5S2. The minimum absolute atomic E-state index is 0.00316. The first-order valence-electron chi connectivity index (χ1n) is 10.6. The van der Waals surface area contributed by atoms with E-state index in [2.05, 4.69) is 10.2 Å². The molecule has 2 N–H and O–H groups in total. The molecule has 3 heterocycles. The Morgan fingerprint density at radius 3 is 2.51 bits per heavy atom. The first-order chi connectivity index (χ1) is 16.9. The highest BCUT2D eigenvalue weighted by atomic mass is 32.2. The number of benzene rings is 2. The highest BCUT2D eigenvalue weighted by Crippen LogP contribution is 2.44. The zero-order chi connectivity index (χ0) is 24.5. The topological polar surface area (TPSA) is 117 Å². The molecule has 2 aromatic heterocycles. The van der Waals surface area contributed by atoms with Gasteiger partial charge in [0.2, 0.25) is 10.9 Å². The van der Waals surface area contributed by atoms with Gasteiger partial charge >= 0.3 is 0 Å². The number of ketones is 1. The highest BCUT2D eigenvalue weighted by Gasteiger charge is 2.46. The summed E-state index contributed by atoms with van der Waals surface area (Å²) in [5.41, 5.74) is 2.69. The predicted molar refractivity (Wildman–Crippen MR) is 132 cm³/mol. The molecule has 8 nitrogen and oxygen atoms in total. The van der Waals surface area contributed by atoms with Crippen LogP contribution >= 0.6 is 23.1 Å². The molecule has 2 aromatic carbocycles. The van der Waals surface area contributed by atoms with Gasteiger partial charge in [-0.25, -0.2) is 0 Å². The number of rotatable bonds is 7. The number of aliphatic hydroxyl groups is 1. The molecule has 1 atom stereocenters. The summed E-state index contributed by atoms with van der Waals surface area (Å²) in [4.78, 5) is 27.6. The molecule has 0 unspecified atom stereocenters. The minimum Gasteiger partial charge on any atom is -0.508 e. The number of aliphatic hydroxyl groups excluding tert-OH is 1. The highest BCUT2D eigenvalue weighted by molar-refractivity contribution is 8.00. The number of furan rings is 1. The first kappa shape index (κ1) is 22.9. The Kier molecular flexibility index (Phi) is 6.14. The smallest absolute Gasteiger partial charge is 0.296 e. The van der Waals surface area contributed by atoms with E-state index in [1.165, 1.54) is 58.0 Å². The molecule has 0 saturated carbocycles. The molecule has 0 spiro atoms. The minimum atomic E-state index is -0.969. The number of aryl methyl sites for hydroxylation is 1. The predicted octanol–water partition coefficient (Wildman–Crippen LogP) is 5.22. The Labute approximate surface area is 208 Å². The van der Waals surface area contributed by atoms with E-state index in [1.807, 2.05) is 31.2 Å². The first-order valence-corrected chi connectivity index (χ1v) is 12.4. The van der Waals surface area contributed by atoms with Gasteiger partial charge in [-0.2, -0.15) is 0 Å². The van der Waals surface area contributed by atoms with Gasteiger partial charge in [-0.1, -0.05) is 65.1 Å². The van der Waals surface area contributed by atoms with Gasteiger partial charge in [-0.3, -0.25) is 14.5 Å². The zero-order valence-electron chi connectivity index (χ0n) is 18.4.